The topological polar surface area (TPSA) is 33.5 Å². The second-order valence-electron chi connectivity index (χ2n) is 20.4. The van der Waals surface area contributed by atoms with E-state index in [1.165, 1.54) is 27.8 Å². The van der Waals surface area contributed by atoms with Crippen molar-refractivity contribution >= 4 is 44.6 Å². The molecule has 0 fully saturated rings. The molecule has 0 saturated carbocycles. The summed E-state index contributed by atoms with van der Waals surface area (Å²) in [6, 6.07) is 63.8. The van der Waals surface area contributed by atoms with Crippen molar-refractivity contribution < 1.29 is 25.8 Å². The van der Waals surface area contributed by atoms with Crippen LogP contribution in [0.2, 0.25) is 0 Å². The summed E-state index contributed by atoms with van der Waals surface area (Å²) in [5, 5.41) is 2.21. The number of rotatable bonds is 7. The van der Waals surface area contributed by atoms with Gasteiger partial charge in [-0.3, -0.25) is 0 Å². The molecule has 334 valence electrons. The fourth-order valence-corrected chi connectivity index (χ4v) is 8.79. The number of anilines is 4. The first-order valence-electron chi connectivity index (χ1n) is 22.6. The summed E-state index contributed by atoms with van der Waals surface area (Å²) < 4.78 is 9.13. The molecule has 6 heteroatoms. The third-order valence-electron chi connectivity index (χ3n) is 12.6. The summed E-state index contributed by atoms with van der Waals surface area (Å²) >= 11 is 0. The second kappa shape index (κ2) is 17.1. The molecule has 0 bridgehead atoms. The van der Waals surface area contributed by atoms with Crippen LogP contribution < -0.4 is 14.5 Å². The molecule has 66 heavy (non-hydrogen) atoms. The van der Waals surface area contributed by atoms with E-state index in [9.17, 15) is 0 Å². The maximum absolute atomic E-state index is 6.90. The van der Waals surface area contributed by atoms with Gasteiger partial charge in [-0.15, -0.1) is 53.6 Å². The van der Waals surface area contributed by atoms with Crippen LogP contribution in [0.5, 0.6) is 11.5 Å². The molecular weight excluding hydrogens is 988 g/mol. The Kier molecular flexibility index (Phi) is 11.6. The number of hydrogen-bond donors (Lipinski definition) is 0. The number of para-hydroxylation sites is 2. The number of hydrogen-bond acceptors (Lipinski definition) is 4. The van der Waals surface area contributed by atoms with E-state index in [2.05, 4.69) is 247 Å². The molecule has 0 atom stereocenters. The second-order valence-corrected chi connectivity index (χ2v) is 20.4. The van der Waals surface area contributed by atoms with Gasteiger partial charge in [0, 0.05) is 61.3 Å². The van der Waals surface area contributed by atoms with Crippen molar-refractivity contribution in [2.75, 3.05) is 9.80 Å². The predicted molar refractivity (Wildman–Crippen MR) is 271 cm³/mol. The summed E-state index contributed by atoms with van der Waals surface area (Å²) in [6.45, 7) is 22.5. The zero-order chi connectivity index (χ0) is 45.3. The normalized spacial score (nSPS) is 13.0. The van der Waals surface area contributed by atoms with Gasteiger partial charge in [0.25, 0.3) is 0 Å². The molecule has 0 aliphatic carbocycles. The number of fused-ring (bicyclic) bond motifs is 4. The maximum Gasteiger partial charge on any atom is 0.135 e. The Labute approximate surface area is 405 Å². The Bertz CT molecular complexity index is 3220. The number of pyridine rings is 1. The Balaban J connectivity index is 0.00000548. The van der Waals surface area contributed by atoms with Gasteiger partial charge in [0.2, 0.25) is 0 Å². The van der Waals surface area contributed by atoms with E-state index < -0.39 is 0 Å². The van der Waals surface area contributed by atoms with Gasteiger partial charge in [-0.2, -0.15) is 6.07 Å². The van der Waals surface area contributed by atoms with E-state index in [-0.39, 0.29) is 37.3 Å². The van der Waals surface area contributed by atoms with Crippen LogP contribution >= 0.6 is 0 Å². The maximum atomic E-state index is 6.90. The SMILES string of the molecule is CC(C)(C)c1cc(Oc2[c-]c3c(cc2)c2cc(-c4ccccc4)ccc2n3-c2cc(C(C)(C)C)ccn2)[c-]c(N2[CH-]N(c3cc(-c4ccccc4)cc(C(C)(C)C)c3)c3ccccc32)c1.[Pt]. The molecular formula is C60H55N4OPt-3. The van der Waals surface area contributed by atoms with E-state index >= 15 is 0 Å². The number of nitrogens with zero attached hydrogens (tertiary/aromatic N) is 4. The number of aromatic nitrogens is 2. The number of benzene rings is 7. The summed E-state index contributed by atoms with van der Waals surface area (Å²) in [5.41, 5.74) is 14.2. The fraction of sp³-hybridized carbons (Fsp3) is 0.200. The molecule has 0 N–H and O–H groups in total. The van der Waals surface area contributed by atoms with Gasteiger partial charge in [-0.1, -0.05) is 159 Å². The molecule has 0 spiro atoms. The Morgan fingerprint density at radius 1 is 0.485 bits per heavy atom. The van der Waals surface area contributed by atoms with E-state index in [4.69, 9.17) is 9.72 Å². The van der Waals surface area contributed by atoms with Crippen molar-refractivity contribution in [3.63, 3.8) is 0 Å². The molecule has 9 aromatic rings. The molecule has 3 heterocycles. The van der Waals surface area contributed by atoms with Gasteiger partial charge in [0.1, 0.15) is 5.82 Å². The fourth-order valence-electron chi connectivity index (χ4n) is 8.79. The van der Waals surface area contributed by atoms with Gasteiger partial charge in [-0.25, -0.2) is 4.98 Å². The summed E-state index contributed by atoms with van der Waals surface area (Å²) in [5.74, 6) is 2.07. The van der Waals surface area contributed by atoms with E-state index in [0.717, 1.165) is 61.5 Å². The van der Waals surface area contributed by atoms with Crippen molar-refractivity contribution in [2.45, 2.75) is 78.6 Å². The van der Waals surface area contributed by atoms with E-state index in [0.29, 0.717) is 11.5 Å². The van der Waals surface area contributed by atoms with Crippen LogP contribution in [-0.2, 0) is 37.3 Å². The standard InChI is InChI=1S/C60H55N4O.Pt/c1-58(2,3)44-28-29-61-57(36-44)64-53-27-24-42(40-18-12-10-13-19-40)32-52(53)51-26-25-49(38-56(51)64)65-50-35-46(60(7,8)9)34-48(37-50)63-39-62(54-22-16-17-23-55(54)63)47-31-43(41-20-14-11-15-21-41)30-45(33-47)59(4,5)6;/h10-36,39H,1-9H3;/q-3;. The third-order valence-corrected chi connectivity index (χ3v) is 12.6. The van der Waals surface area contributed by atoms with Crippen LogP contribution in [-0.4, -0.2) is 9.55 Å². The minimum atomic E-state index is -0.174. The zero-order valence-corrected chi connectivity index (χ0v) is 41.5. The van der Waals surface area contributed by atoms with Crippen LogP contribution in [0.25, 0.3) is 49.9 Å². The largest absolute Gasteiger partial charge is 0.509 e. The van der Waals surface area contributed by atoms with Crippen molar-refractivity contribution in [3.05, 3.63) is 199 Å². The molecule has 1 aliphatic heterocycles. The minimum absolute atomic E-state index is 0. The van der Waals surface area contributed by atoms with Gasteiger partial charge in [0.15, 0.2) is 0 Å². The van der Waals surface area contributed by atoms with Gasteiger partial charge < -0.3 is 19.1 Å². The average molecular weight is 1040 g/mol. The molecule has 5 nitrogen and oxygen atoms in total. The van der Waals surface area contributed by atoms with Crippen LogP contribution in [0.3, 0.4) is 0 Å². The van der Waals surface area contributed by atoms with Crippen LogP contribution in [0, 0.1) is 18.8 Å². The van der Waals surface area contributed by atoms with Crippen molar-refractivity contribution in [1.82, 2.24) is 9.55 Å². The Morgan fingerprint density at radius 3 is 1.77 bits per heavy atom. The predicted octanol–water partition coefficient (Wildman–Crippen LogP) is 16.2. The first-order chi connectivity index (χ1) is 31.1. The van der Waals surface area contributed by atoms with Crippen LogP contribution in [0.15, 0.2) is 164 Å². The minimum Gasteiger partial charge on any atom is -0.509 e. The van der Waals surface area contributed by atoms with E-state index in [1.807, 2.05) is 12.3 Å². The zero-order valence-electron chi connectivity index (χ0n) is 39.2. The Morgan fingerprint density at radius 2 is 1.11 bits per heavy atom. The molecule has 0 unspecified atom stereocenters. The molecule has 10 rings (SSSR count). The number of ether oxygens (including phenoxy) is 1. The molecule has 0 amide bonds. The molecule has 0 radical (unpaired) electrons. The van der Waals surface area contributed by atoms with Crippen LogP contribution in [0.4, 0.5) is 22.7 Å². The molecule has 2 aromatic heterocycles. The third kappa shape index (κ3) is 8.58. The first-order valence-corrected chi connectivity index (χ1v) is 22.6. The summed E-state index contributed by atoms with van der Waals surface area (Å²) in [6.07, 6.45) is 1.92. The Hall–Kier alpha value is -6.42. The summed E-state index contributed by atoms with van der Waals surface area (Å²) in [4.78, 5) is 9.50. The molecule has 7 aromatic carbocycles. The molecule has 1 aliphatic rings. The molecule has 0 saturated heterocycles. The van der Waals surface area contributed by atoms with Crippen molar-refractivity contribution in [2.24, 2.45) is 0 Å². The average Bonchev–Trinajstić information content (AvgIpc) is 3.84. The van der Waals surface area contributed by atoms with Gasteiger partial charge >= 0.3 is 0 Å². The van der Waals surface area contributed by atoms with Crippen molar-refractivity contribution in [3.8, 4) is 39.6 Å². The van der Waals surface area contributed by atoms with Crippen LogP contribution in [0.1, 0.15) is 79.0 Å². The van der Waals surface area contributed by atoms with Gasteiger partial charge in [-0.05, 0) is 97.5 Å². The van der Waals surface area contributed by atoms with E-state index in [1.54, 1.807) is 0 Å². The van der Waals surface area contributed by atoms with Crippen molar-refractivity contribution in [1.29, 1.82) is 0 Å². The monoisotopic (exact) mass is 1040 g/mol. The summed E-state index contributed by atoms with van der Waals surface area (Å²) in [7, 11) is 0. The quantitative estimate of drug-likeness (QED) is 0.149. The smallest absolute Gasteiger partial charge is 0.135 e. The van der Waals surface area contributed by atoms with Gasteiger partial charge in [0.05, 0.1) is 0 Å². The first kappa shape index (κ1) is 44.8.